The van der Waals surface area contributed by atoms with E-state index in [0.29, 0.717) is 10.6 Å². The fourth-order valence-corrected chi connectivity index (χ4v) is 14.2. The highest BCUT2D eigenvalue weighted by molar-refractivity contribution is 7.63. The fourth-order valence-electron chi connectivity index (χ4n) is 8.53. The Balaban J connectivity index is 1.53. The van der Waals surface area contributed by atoms with Gasteiger partial charge in [-0.25, -0.2) is 0 Å². The van der Waals surface area contributed by atoms with E-state index in [-0.39, 0.29) is 11.1 Å². The van der Waals surface area contributed by atoms with Gasteiger partial charge in [0.15, 0.2) is 0 Å². The molecule has 6 aliphatic rings. The molecule has 1 amide bonds. The van der Waals surface area contributed by atoms with Crippen LogP contribution >= 0.6 is 19.0 Å². The molecule has 0 N–H and O–H groups in total. The number of benzene rings is 1. The van der Waals surface area contributed by atoms with Crippen molar-refractivity contribution in [1.82, 2.24) is 9.34 Å². The molecule has 4 saturated carbocycles. The molecule has 4 bridgehead atoms. The molecular weight excluding hydrogens is 449 g/mol. The number of carbonyl (C=O) groups is 1. The number of hydrogen-bond donors (Lipinski definition) is 0. The predicted molar refractivity (Wildman–Crippen MR) is 137 cm³/mol. The van der Waals surface area contributed by atoms with Crippen molar-refractivity contribution >= 4 is 24.9 Å². The summed E-state index contributed by atoms with van der Waals surface area (Å²) < 4.78 is 11.1. The molecule has 2 saturated heterocycles. The Bertz CT molecular complexity index is 876. The van der Waals surface area contributed by atoms with Crippen molar-refractivity contribution in [2.24, 2.45) is 22.5 Å². The molecular formula is C27H39ClN3OP. The van der Waals surface area contributed by atoms with Crippen LogP contribution in [0.25, 0.3) is 0 Å². The van der Waals surface area contributed by atoms with Crippen molar-refractivity contribution in [3.05, 3.63) is 34.9 Å². The molecule has 1 aromatic rings. The minimum absolute atomic E-state index is 0.00638. The maximum atomic E-state index is 13.9. The summed E-state index contributed by atoms with van der Waals surface area (Å²) in [5.74, 6) is 2.61. The third-order valence-corrected chi connectivity index (χ3v) is 14.3. The van der Waals surface area contributed by atoms with E-state index in [1.165, 1.54) is 77.0 Å². The first kappa shape index (κ1) is 22.8. The highest BCUT2D eigenvalue weighted by Crippen LogP contribution is 2.77. The summed E-state index contributed by atoms with van der Waals surface area (Å²) in [6.45, 7) is 4.51. The van der Waals surface area contributed by atoms with Crippen molar-refractivity contribution in [2.75, 3.05) is 26.2 Å². The summed E-state index contributed by atoms with van der Waals surface area (Å²) in [6.07, 6.45) is 15.9. The zero-order chi connectivity index (χ0) is 22.5. The van der Waals surface area contributed by atoms with Crippen molar-refractivity contribution in [3.63, 3.8) is 0 Å². The summed E-state index contributed by atoms with van der Waals surface area (Å²) in [5.41, 5.74) is 0.711. The molecule has 6 fully saturated rings. The predicted octanol–water partition coefficient (Wildman–Crippen LogP) is 7.45. The van der Waals surface area contributed by atoms with Gasteiger partial charge in [0.25, 0.3) is 5.91 Å². The normalized spacial score (nSPS) is 35.0. The van der Waals surface area contributed by atoms with Crippen LogP contribution in [0.5, 0.6) is 0 Å². The van der Waals surface area contributed by atoms with Gasteiger partial charge in [0.2, 0.25) is 0 Å². The van der Waals surface area contributed by atoms with Crippen LogP contribution in [-0.4, -0.2) is 46.6 Å². The number of hydrogen-bond acceptors (Lipinski definition) is 1. The maximum absolute atomic E-state index is 13.9. The average molecular weight is 488 g/mol. The molecule has 0 spiro atoms. The fraction of sp³-hybridized carbons (Fsp3) is 0.741. The van der Waals surface area contributed by atoms with Gasteiger partial charge in [0.1, 0.15) is 7.36 Å². The van der Waals surface area contributed by atoms with E-state index in [4.69, 9.17) is 16.3 Å². The topological polar surface area (TPSA) is 35.9 Å². The first-order chi connectivity index (χ1) is 16.1. The van der Waals surface area contributed by atoms with Crippen LogP contribution in [0.15, 0.2) is 29.0 Å². The van der Waals surface area contributed by atoms with Crippen molar-refractivity contribution in [1.29, 1.82) is 0 Å². The van der Waals surface area contributed by atoms with Gasteiger partial charge in [0, 0.05) is 41.9 Å². The Morgan fingerprint density at radius 3 is 1.70 bits per heavy atom. The van der Waals surface area contributed by atoms with Crippen molar-refractivity contribution in [3.8, 4) is 0 Å². The van der Waals surface area contributed by atoms with Crippen molar-refractivity contribution in [2.45, 2.75) is 82.2 Å². The summed E-state index contributed by atoms with van der Waals surface area (Å²) in [6, 6.07) is 7.46. The van der Waals surface area contributed by atoms with Crippen LogP contribution in [-0.2, 0) is 0 Å². The minimum atomic E-state index is -2.17. The van der Waals surface area contributed by atoms with Gasteiger partial charge in [-0.2, -0.15) is 4.74 Å². The first-order valence-corrected chi connectivity index (χ1v) is 15.5. The van der Waals surface area contributed by atoms with Crippen molar-refractivity contribution < 1.29 is 4.79 Å². The monoisotopic (exact) mass is 487 g/mol. The van der Waals surface area contributed by atoms with Gasteiger partial charge in [-0.1, -0.05) is 24.4 Å². The minimum Gasteiger partial charge on any atom is -0.267 e. The summed E-state index contributed by atoms with van der Waals surface area (Å²) in [5, 5.41) is 0.916. The number of piperidine rings is 2. The van der Waals surface area contributed by atoms with Gasteiger partial charge in [-0.05, 0) is 106 Å². The Morgan fingerprint density at radius 2 is 1.24 bits per heavy atom. The number of rotatable bonds is 4. The lowest BCUT2D eigenvalue weighted by molar-refractivity contribution is 0.0281. The van der Waals surface area contributed by atoms with Crippen LogP contribution in [0.4, 0.5) is 0 Å². The number of carbonyl (C=O) groups excluding carboxylic acids is 1. The van der Waals surface area contributed by atoms with Gasteiger partial charge >= 0.3 is 0 Å². The molecule has 33 heavy (non-hydrogen) atoms. The third kappa shape index (κ3) is 3.98. The van der Waals surface area contributed by atoms with Crippen LogP contribution in [0.2, 0.25) is 5.02 Å². The van der Waals surface area contributed by atoms with E-state index in [2.05, 4.69) is 9.34 Å². The second-order valence-corrected chi connectivity index (χ2v) is 15.5. The molecule has 4 aliphatic carbocycles. The smallest absolute Gasteiger partial charge is 0.267 e. The van der Waals surface area contributed by atoms with Gasteiger partial charge in [-0.15, -0.1) is 0 Å². The van der Waals surface area contributed by atoms with Crippen LogP contribution < -0.4 is 0 Å². The third-order valence-electron chi connectivity index (χ3n) is 9.42. The second kappa shape index (κ2) is 9.08. The Labute approximate surface area is 204 Å². The zero-order valence-electron chi connectivity index (χ0n) is 19.9. The van der Waals surface area contributed by atoms with E-state index in [9.17, 15) is 4.79 Å². The van der Waals surface area contributed by atoms with Gasteiger partial charge in [0.05, 0.1) is 0 Å². The standard InChI is InChI=1S/C27H39ClN3OP/c28-25-9-7-24(8-10-25)26(32)29-33(30-11-3-1-4-12-30,31-13-5-2-6-14-31)27-18-21-15-22(19-27)17-23(16-21)20-27/h7-10,21-23H,1-6,11-20H2. The number of nitrogens with zero attached hydrogens (tertiary/aromatic N) is 3. The highest BCUT2D eigenvalue weighted by atomic mass is 35.5. The van der Waals surface area contributed by atoms with E-state index >= 15 is 0 Å². The lowest BCUT2D eigenvalue weighted by Crippen LogP contribution is -2.56. The molecule has 4 nitrogen and oxygen atoms in total. The van der Waals surface area contributed by atoms with Gasteiger partial charge in [-0.3, -0.25) is 14.1 Å². The van der Waals surface area contributed by atoms with E-state index in [1.54, 1.807) is 0 Å². The summed E-state index contributed by atoms with van der Waals surface area (Å²) >= 11 is 6.15. The molecule has 180 valence electrons. The van der Waals surface area contributed by atoms with E-state index in [1.807, 2.05) is 24.3 Å². The lowest BCUT2D eigenvalue weighted by Gasteiger charge is -2.65. The molecule has 0 atom stereocenters. The highest BCUT2D eigenvalue weighted by Gasteiger charge is 2.61. The van der Waals surface area contributed by atoms with E-state index < -0.39 is 7.36 Å². The number of amides is 1. The molecule has 2 heterocycles. The Hall–Kier alpha value is -0.670. The molecule has 6 heteroatoms. The SMILES string of the molecule is O=C(N=P(N1CCCCC1)(N1CCCCC1)C12CC3CC(CC(C3)C1)C2)c1ccc(Cl)cc1. The Morgan fingerprint density at radius 1 is 0.788 bits per heavy atom. The first-order valence-electron chi connectivity index (χ1n) is 13.5. The molecule has 1 aromatic carbocycles. The van der Waals surface area contributed by atoms with Gasteiger partial charge < -0.3 is 0 Å². The molecule has 0 unspecified atom stereocenters. The zero-order valence-corrected chi connectivity index (χ0v) is 21.6. The summed E-state index contributed by atoms with van der Waals surface area (Å²) in [7, 11) is -2.17. The number of halogens is 1. The average Bonchev–Trinajstić information content (AvgIpc) is 2.83. The lowest BCUT2D eigenvalue weighted by atomic mass is 9.56. The molecule has 0 radical (unpaired) electrons. The quantitative estimate of drug-likeness (QED) is 0.413. The van der Waals surface area contributed by atoms with Crippen LogP contribution in [0.3, 0.4) is 0 Å². The maximum Gasteiger partial charge on any atom is 0.278 e. The summed E-state index contributed by atoms with van der Waals surface area (Å²) in [4.78, 5) is 13.9. The largest absolute Gasteiger partial charge is 0.278 e. The Kier molecular flexibility index (Phi) is 6.27. The molecule has 2 aliphatic heterocycles. The van der Waals surface area contributed by atoms with Crippen LogP contribution in [0, 0.1) is 17.8 Å². The second-order valence-electron chi connectivity index (χ2n) is 11.7. The molecule has 7 rings (SSSR count). The van der Waals surface area contributed by atoms with E-state index in [0.717, 1.165) is 43.9 Å². The van der Waals surface area contributed by atoms with Crippen LogP contribution in [0.1, 0.15) is 87.4 Å². The molecule has 0 aromatic heterocycles.